The lowest BCUT2D eigenvalue weighted by Gasteiger charge is -2.34. The Balaban J connectivity index is 1.37. The van der Waals surface area contributed by atoms with E-state index >= 15 is 0 Å². The molecule has 10 rings (SSSR count). The topological polar surface area (TPSA) is 3.24 Å². The zero-order valence-electron chi connectivity index (χ0n) is 22.5. The van der Waals surface area contributed by atoms with Crippen molar-refractivity contribution in [2.75, 3.05) is 4.90 Å². The maximum atomic E-state index is 2.60. The highest BCUT2D eigenvalue weighted by Crippen LogP contribution is 2.50. The molecule has 4 heterocycles. The van der Waals surface area contributed by atoms with E-state index < -0.39 is 0 Å². The number of benzene rings is 6. The molecule has 0 N–H and O–H groups in total. The predicted octanol–water partition coefficient (Wildman–Crippen LogP) is 9.22. The number of nitrogens with zero attached hydrogens (tertiary/aromatic N) is 1. The van der Waals surface area contributed by atoms with E-state index in [0.717, 1.165) is 0 Å². The SMILES string of the molecule is c1ccc2c(c1)B1c3sc4ccccc4c3N(c3csc4ccccc34)c3cc(-c4cccc5ccccc45)cc-2c31. The minimum Gasteiger partial charge on any atom is -0.309 e. The van der Waals surface area contributed by atoms with Gasteiger partial charge in [-0.25, -0.2) is 0 Å². The molecule has 0 saturated heterocycles. The van der Waals surface area contributed by atoms with Gasteiger partial charge < -0.3 is 4.90 Å². The Bertz CT molecular complexity index is 2390. The van der Waals surface area contributed by atoms with Crippen molar-refractivity contribution in [2.24, 2.45) is 0 Å². The molecule has 0 unspecified atom stereocenters. The van der Waals surface area contributed by atoms with E-state index in [4.69, 9.17) is 0 Å². The van der Waals surface area contributed by atoms with E-state index in [1.807, 2.05) is 22.7 Å². The summed E-state index contributed by atoms with van der Waals surface area (Å²) in [6, 6.07) is 47.3. The molecule has 6 aromatic carbocycles. The summed E-state index contributed by atoms with van der Waals surface area (Å²) in [4.78, 5) is 2.60. The molecule has 1 nitrogen and oxygen atoms in total. The van der Waals surface area contributed by atoms with Crippen LogP contribution in [0, 0.1) is 0 Å². The van der Waals surface area contributed by atoms with Gasteiger partial charge in [-0.3, -0.25) is 0 Å². The second-order valence-corrected chi connectivity index (χ2v) is 13.3. The van der Waals surface area contributed by atoms with E-state index in [1.54, 1.807) is 0 Å². The molecule has 194 valence electrons. The molecule has 4 heteroatoms. The Kier molecular flexibility index (Phi) is 4.62. The van der Waals surface area contributed by atoms with Crippen LogP contribution in [0.1, 0.15) is 0 Å². The molecule has 0 radical (unpaired) electrons. The van der Waals surface area contributed by atoms with Crippen LogP contribution >= 0.6 is 22.7 Å². The van der Waals surface area contributed by atoms with Crippen LogP contribution in [-0.4, -0.2) is 6.71 Å². The minimum atomic E-state index is 0.237. The lowest BCUT2D eigenvalue weighted by atomic mass is 9.40. The smallest absolute Gasteiger partial charge is 0.260 e. The standard InChI is InChI=1S/C38H22BNS2/c1-2-12-25-23(10-1)11-9-16-26(25)24-20-30-27-13-3-6-17-31(27)39-36(30)32(21-24)40(33-22-41-34-18-7-4-14-28(33)34)37-29-15-5-8-19-35(29)42-38(37)39/h1-22H. The van der Waals surface area contributed by atoms with Gasteiger partial charge in [-0.2, -0.15) is 0 Å². The lowest BCUT2D eigenvalue weighted by molar-refractivity contribution is 1.35. The third-order valence-electron chi connectivity index (χ3n) is 9.13. The van der Waals surface area contributed by atoms with Crippen molar-refractivity contribution in [3.8, 4) is 22.3 Å². The Morgan fingerprint density at radius 3 is 2.19 bits per heavy atom. The first-order valence-electron chi connectivity index (χ1n) is 14.4. The van der Waals surface area contributed by atoms with Gasteiger partial charge in [0, 0.05) is 36.0 Å². The highest BCUT2D eigenvalue weighted by Gasteiger charge is 2.45. The van der Waals surface area contributed by atoms with Crippen molar-refractivity contribution in [2.45, 2.75) is 0 Å². The number of rotatable bonds is 2. The average molecular weight is 568 g/mol. The number of fused-ring (bicyclic) bond motifs is 9. The van der Waals surface area contributed by atoms with Gasteiger partial charge in [-0.1, -0.05) is 109 Å². The van der Waals surface area contributed by atoms with Gasteiger partial charge in [0.25, 0.3) is 6.71 Å². The Morgan fingerprint density at radius 1 is 0.548 bits per heavy atom. The number of hydrogen-bond donors (Lipinski definition) is 0. The lowest BCUT2D eigenvalue weighted by Crippen LogP contribution is -2.53. The summed E-state index contributed by atoms with van der Waals surface area (Å²) in [6.45, 7) is 0.237. The molecule has 0 atom stereocenters. The number of thiophene rings is 2. The maximum absolute atomic E-state index is 2.60. The van der Waals surface area contributed by atoms with Crippen molar-refractivity contribution in [3.05, 3.63) is 133 Å². The summed E-state index contributed by atoms with van der Waals surface area (Å²) in [6.07, 6.45) is 0. The van der Waals surface area contributed by atoms with E-state index in [9.17, 15) is 0 Å². The summed E-state index contributed by atoms with van der Waals surface area (Å²) in [5, 5.41) is 7.57. The first-order chi connectivity index (χ1) is 20.8. The molecular weight excluding hydrogens is 545 g/mol. The van der Waals surface area contributed by atoms with Crippen molar-refractivity contribution >= 4 is 93.1 Å². The summed E-state index contributed by atoms with van der Waals surface area (Å²) in [5.41, 5.74) is 12.1. The number of hydrogen-bond acceptors (Lipinski definition) is 3. The van der Waals surface area contributed by atoms with Crippen LogP contribution in [0.5, 0.6) is 0 Å². The van der Waals surface area contributed by atoms with Gasteiger partial charge >= 0.3 is 0 Å². The number of anilines is 3. The van der Waals surface area contributed by atoms with Crippen LogP contribution < -0.4 is 20.6 Å². The molecule has 42 heavy (non-hydrogen) atoms. The largest absolute Gasteiger partial charge is 0.309 e. The van der Waals surface area contributed by atoms with Gasteiger partial charge in [-0.15, -0.1) is 22.7 Å². The molecule has 2 aromatic heterocycles. The monoisotopic (exact) mass is 567 g/mol. The van der Waals surface area contributed by atoms with Gasteiger partial charge in [0.1, 0.15) is 0 Å². The van der Waals surface area contributed by atoms with Gasteiger partial charge in [0.15, 0.2) is 0 Å². The van der Waals surface area contributed by atoms with Crippen LogP contribution in [-0.2, 0) is 0 Å². The van der Waals surface area contributed by atoms with E-state index in [0.29, 0.717) is 0 Å². The third-order valence-corrected chi connectivity index (χ3v) is 11.3. The van der Waals surface area contributed by atoms with Crippen LogP contribution in [0.4, 0.5) is 17.1 Å². The fraction of sp³-hybridized carbons (Fsp3) is 0. The highest BCUT2D eigenvalue weighted by molar-refractivity contribution is 7.34. The third kappa shape index (κ3) is 2.98. The first-order valence-corrected chi connectivity index (χ1v) is 16.1. The Labute approximate surface area is 252 Å². The molecular formula is C38H22BNS2. The second kappa shape index (κ2) is 8.45. The second-order valence-electron chi connectivity index (χ2n) is 11.3. The van der Waals surface area contributed by atoms with Crippen LogP contribution in [0.2, 0.25) is 0 Å². The normalized spacial score (nSPS) is 13.1. The van der Waals surface area contributed by atoms with Crippen molar-refractivity contribution in [3.63, 3.8) is 0 Å². The van der Waals surface area contributed by atoms with Gasteiger partial charge in [-0.05, 0) is 62.8 Å². The van der Waals surface area contributed by atoms with Crippen LogP contribution in [0.25, 0.3) is 53.2 Å². The van der Waals surface area contributed by atoms with Crippen LogP contribution in [0.15, 0.2) is 133 Å². The van der Waals surface area contributed by atoms with E-state index in [1.165, 1.54) is 86.0 Å². The minimum absolute atomic E-state index is 0.237. The zero-order chi connectivity index (χ0) is 27.4. The van der Waals surface area contributed by atoms with Crippen molar-refractivity contribution in [1.82, 2.24) is 0 Å². The summed E-state index contributed by atoms with van der Waals surface area (Å²) < 4.78 is 4.11. The van der Waals surface area contributed by atoms with E-state index in [2.05, 4.69) is 138 Å². The highest BCUT2D eigenvalue weighted by atomic mass is 32.1. The summed E-state index contributed by atoms with van der Waals surface area (Å²) in [7, 11) is 0. The summed E-state index contributed by atoms with van der Waals surface area (Å²) >= 11 is 3.80. The van der Waals surface area contributed by atoms with Gasteiger partial charge in [0.2, 0.25) is 0 Å². The zero-order valence-corrected chi connectivity index (χ0v) is 24.2. The first kappa shape index (κ1) is 23.0. The quantitative estimate of drug-likeness (QED) is 0.188. The Morgan fingerprint density at radius 2 is 1.26 bits per heavy atom. The Hall–Kier alpha value is -4.64. The van der Waals surface area contributed by atoms with Crippen LogP contribution in [0.3, 0.4) is 0 Å². The molecule has 0 saturated carbocycles. The molecule has 0 fully saturated rings. The molecule has 0 aliphatic carbocycles. The molecule has 2 aliphatic heterocycles. The fourth-order valence-corrected chi connectivity index (χ4v) is 9.63. The van der Waals surface area contributed by atoms with Gasteiger partial charge in [0.05, 0.1) is 11.4 Å². The van der Waals surface area contributed by atoms with Crippen molar-refractivity contribution in [1.29, 1.82) is 0 Å². The molecule has 0 bridgehead atoms. The summed E-state index contributed by atoms with van der Waals surface area (Å²) in [5.74, 6) is 0. The molecule has 2 aliphatic rings. The maximum Gasteiger partial charge on any atom is 0.260 e. The molecule has 0 spiro atoms. The molecule has 0 amide bonds. The molecule has 8 aromatic rings. The van der Waals surface area contributed by atoms with E-state index in [-0.39, 0.29) is 6.71 Å². The predicted molar refractivity (Wildman–Crippen MR) is 185 cm³/mol. The fourth-order valence-electron chi connectivity index (χ4n) is 7.39. The average Bonchev–Trinajstić information content (AvgIpc) is 3.74. The van der Waals surface area contributed by atoms with Crippen molar-refractivity contribution < 1.29 is 0 Å².